The summed E-state index contributed by atoms with van der Waals surface area (Å²) in [7, 11) is 0. The number of aromatic amines is 1. The maximum atomic E-state index is 11.1. The molecule has 2 rings (SSSR count). The van der Waals surface area contributed by atoms with Crippen LogP contribution in [0.2, 0.25) is 0 Å². The summed E-state index contributed by atoms with van der Waals surface area (Å²) in [6.45, 7) is 3.76. The molecule has 0 radical (unpaired) electrons. The van der Waals surface area contributed by atoms with Crippen LogP contribution in [0.15, 0.2) is 18.0 Å². The van der Waals surface area contributed by atoms with E-state index in [1.165, 1.54) is 12.3 Å². The Morgan fingerprint density at radius 1 is 1.60 bits per heavy atom. The standard InChI is InChI=1S/C13H13N5O2/c1-7(2)20-10-6-17-13-11(18-10)9(5-16-13)3-8(4-14)12(15)19/h3,5-7H,1-2H3,(H2,15,19)(H,16,17). The number of primary amides is 1. The van der Waals surface area contributed by atoms with Crippen LogP contribution in [0.3, 0.4) is 0 Å². The molecular formula is C13H13N5O2. The Labute approximate surface area is 115 Å². The van der Waals surface area contributed by atoms with Crippen LogP contribution in [0.5, 0.6) is 5.88 Å². The van der Waals surface area contributed by atoms with Crippen molar-refractivity contribution in [3.05, 3.63) is 23.5 Å². The number of nitrogens with one attached hydrogen (secondary N) is 1. The van der Waals surface area contributed by atoms with Gasteiger partial charge in [0.25, 0.3) is 5.91 Å². The maximum absolute atomic E-state index is 11.1. The molecule has 3 N–H and O–H groups in total. The molecule has 0 atom stereocenters. The van der Waals surface area contributed by atoms with E-state index in [2.05, 4.69) is 15.0 Å². The van der Waals surface area contributed by atoms with E-state index in [0.29, 0.717) is 22.6 Å². The van der Waals surface area contributed by atoms with Gasteiger partial charge >= 0.3 is 0 Å². The minimum Gasteiger partial charge on any atom is -0.474 e. The predicted molar refractivity (Wildman–Crippen MR) is 72.4 cm³/mol. The topological polar surface area (TPSA) is 118 Å². The van der Waals surface area contributed by atoms with E-state index in [-0.39, 0.29) is 11.7 Å². The van der Waals surface area contributed by atoms with Crippen LogP contribution < -0.4 is 10.5 Å². The Morgan fingerprint density at radius 3 is 2.95 bits per heavy atom. The summed E-state index contributed by atoms with van der Waals surface area (Å²) in [6.07, 6.45) is 4.45. The van der Waals surface area contributed by atoms with Crippen LogP contribution in [0.1, 0.15) is 19.4 Å². The van der Waals surface area contributed by atoms with E-state index in [1.54, 1.807) is 12.3 Å². The molecule has 0 unspecified atom stereocenters. The van der Waals surface area contributed by atoms with Crippen molar-refractivity contribution in [3.63, 3.8) is 0 Å². The van der Waals surface area contributed by atoms with Gasteiger partial charge in [0.2, 0.25) is 5.88 Å². The molecule has 2 aromatic rings. The van der Waals surface area contributed by atoms with Gasteiger partial charge in [-0.2, -0.15) is 5.26 Å². The smallest absolute Gasteiger partial charge is 0.259 e. The third kappa shape index (κ3) is 2.75. The zero-order valence-electron chi connectivity index (χ0n) is 11.0. The Bertz CT molecular complexity index is 724. The highest BCUT2D eigenvalue weighted by Gasteiger charge is 2.10. The normalized spacial score (nSPS) is 11.6. The number of carbonyl (C=O) groups is 1. The molecule has 0 bridgehead atoms. The number of H-pyrrole nitrogens is 1. The van der Waals surface area contributed by atoms with E-state index in [9.17, 15) is 4.79 Å². The first-order chi connectivity index (χ1) is 9.51. The van der Waals surface area contributed by atoms with Crippen molar-refractivity contribution in [2.45, 2.75) is 20.0 Å². The Morgan fingerprint density at radius 2 is 2.35 bits per heavy atom. The van der Waals surface area contributed by atoms with Gasteiger partial charge in [0.05, 0.1) is 12.3 Å². The monoisotopic (exact) mass is 271 g/mol. The predicted octanol–water partition coefficient (Wildman–Crippen LogP) is 1.14. The van der Waals surface area contributed by atoms with Gasteiger partial charge in [0, 0.05) is 11.8 Å². The van der Waals surface area contributed by atoms with Gasteiger partial charge in [-0.25, -0.2) is 9.97 Å². The highest BCUT2D eigenvalue weighted by molar-refractivity contribution is 6.02. The van der Waals surface area contributed by atoms with Gasteiger partial charge in [0.15, 0.2) is 5.65 Å². The Balaban J connectivity index is 2.50. The van der Waals surface area contributed by atoms with Crippen LogP contribution in [0.4, 0.5) is 0 Å². The van der Waals surface area contributed by atoms with Gasteiger partial charge in [-0.1, -0.05) is 0 Å². The van der Waals surface area contributed by atoms with Crippen molar-refractivity contribution in [2.24, 2.45) is 5.73 Å². The van der Waals surface area contributed by atoms with Gasteiger partial charge in [-0.15, -0.1) is 0 Å². The Kier molecular flexibility index (Phi) is 3.66. The second-order valence-corrected chi connectivity index (χ2v) is 4.35. The van der Waals surface area contributed by atoms with E-state index in [4.69, 9.17) is 15.7 Å². The van der Waals surface area contributed by atoms with Crippen molar-refractivity contribution in [1.82, 2.24) is 15.0 Å². The summed E-state index contributed by atoms with van der Waals surface area (Å²) >= 11 is 0. The van der Waals surface area contributed by atoms with Gasteiger partial charge in [-0.3, -0.25) is 4.79 Å². The minimum atomic E-state index is -0.788. The lowest BCUT2D eigenvalue weighted by atomic mass is 10.2. The third-order valence-corrected chi connectivity index (χ3v) is 2.43. The van der Waals surface area contributed by atoms with E-state index >= 15 is 0 Å². The van der Waals surface area contributed by atoms with Crippen molar-refractivity contribution < 1.29 is 9.53 Å². The summed E-state index contributed by atoms with van der Waals surface area (Å²) in [5.41, 5.74) is 6.55. The molecule has 0 spiro atoms. The highest BCUT2D eigenvalue weighted by Crippen LogP contribution is 2.20. The molecule has 0 aliphatic carbocycles. The third-order valence-electron chi connectivity index (χ3n) is 2.43. The number of amides is 1. The lowest BCUT2D eigenvalue weighted by molar-refractivity contribution is -0.114. The molecule has 0 aromatic carbocycles. The molecule has 2 heterocycles. The number of rotatable bonds is 4. The fourth-order valence-corrected chi connectivity index (χ4v) is 1.62. The number of aromatic nitrogens is 3. The van der Waals surface area contributed by atoms with Crippen LogP contribution in [-0.2, 0) is 4.79 Å². The van der Waals surface area contributed by atoms with Crippen LogP contribution >= 0.6 is 0 Å². The largest absolute Gasteiger partial charge is 0.474 e. The zero-order chi connectivity index (χ0) is 14.7. The fraction of sp³-hybridized carbons (Fsp3) is 0.231. The van der Waals surface area contributed by atoms with Crippen molar-refractivity contribution >= 4 is 23.1 Å². The molecular weight excluding hydrogens is 258 g/mol. The molecule has 102 valence electrons. The van der Waals surface area contributed by atoms with Crippen molar-refractivity contribution in [3.8, 4) is 11.9 Å². The molecule has 7 nitrogen and oxygen atoms in total. The summed E-state index contributed by atoms with van der Waals surface area (Å²) in [5, 5.41) is 8.85. The van der Waals surface area contributed by atoms with Crippen LogP contribution in [-0.4, -0.2) is 27.0 Å². The average molecular weight is 271 g/mol. The maximum Gasteiger partial charge on any atom is 0.259 e. The summed E-state index contributed by atoms with van der Waals surface area (Å²) < 4.78 is 5.46. The van der Waals surface area contributed by atoms with Crippen molar-refractivity contribution in [2.75, 3.05) is 0 Å². The van der Waals surface area contributed by atoms with Gasteiger partial charge in [0.1, 0.15) is 17.2 Å². The summed E-state index contributed by atoms with van der Waals surface area (Å²) in [5.74, 6) is -0.413. The van der Waals surface area contributed by atoms with Gasteiger partial charge < -0.3 is 15.5 Å². The van der Waals surface area contributed by atoms with Crippen molar-refractivity contribution in [1.29, 1.82) is 5.26 Å². The quantitative estimate of drug-likeness (QED) is 0.638. The second kappa shape index (κ2) is 5.40. The molecule has 20 heavy (non-hydrogen) atoms. The summed E-state index contributed by atoms with van der Waals surface area (Å²) in [6, 6.07) is 1.74. The second-order valence-electron chi connectivity index (χ2n) is 4.35. The molecule has 1 amide bonds. The number of fused-ring (bicyclic) bond motifs is 1. The molecule has 7 heteroatoms. The lowest BCUT2D eigenvalue weighted by Crippen LogP contribution is -2.12. The zero-order valence-corrected chi connectivity index (χ0v) is 11.0. The first-order valence-corrected chi connectivity index (χ1v) is 5.93. The number of nitrogens with zero attached hydrogens (tertiary/aromatic N) is 3. The molecule has 0 saturated carbocycles. The number of hydrogen-bond acceptors (Lipinski definition) is 5. The first kappa shape index (κ1) is 13.5. The molecule has 0 aliphatic rings. The lowest BCUT2D eigenvalue weighted by Gasteiger charge is -2.07. The van der Waals surface area contributed by atoms with E-state index in [0.717, 1.165) is 0 Å². The van der Waals surface area contributed by atoms with Crippen LogP contribution in [0, 0.1) is 11.3 Å². The molecule has 0 aliphatic heterocycles. The first-order valence-electron chi connectivity index (χ1n) is 5.93. The number of nitriles is 1. The van der Waals surface area contributed by atoms with E-state index in [1.807, 2.05) is 13.8 Å². The number of ether oxygens (including phenoxy) is 1. The summed E-state index contributed by atoms with van der Waals surface area (Å²) in [4.78, 5) is 22.4. The molecule has 0 saturated heterocycles. The fourth-order valence-electron chi connectivity index (χ4n) is 1.62. The average Bonchev–Trinajstić information content (AvgIpc) is 2.77. The van der Waals surface area contributed by atoms with Gasteiger partial charge in [-0.05, 0) is 19.9 Å². The molecule has 2 aromatic heterocycles. The Hall–Kier alpha value is -2.88. The number of carbonyl (C=O) groups excluding carboxylic acids is 1. The molecule has 0 fully saturated rings. The number of hydrogen-bond donors (Lipinski definition) is 2. The number of nitrogens with two attached hydrogens (primary N) is 1. The highest BCUT2D eigenvalue weighted by atomic mass is 16.5. The van der Waals surface area contributed by atoms with E-state index < -0.39 is 5.91 Å². The minimum absolute atomic E-state index is 0.0278. The SMILES string of the molecule is CC(C)Oc1cnc2[nH]cc(C=C(C#N)C(N)=O)c2n1. The van der Waals surface area contributed by atoms with Crippen LogP contribution in [0.25, 0.3) is 17.2 Å².